The van der Waals surface area contributed by atoms with Gasteiger partial charge in [-0.3, -0.25) is 4.98 Å². The fourth-order valence-electron chi connectivity index (χ4n) is 1.62. The molecule has 0 fully saturated rings. The molecule has 5 heteroatoms. The minimum Gasteiger partial charge on any atom is -0.490 e. The smallest absolute Gasteiger partial charge is 0.165 e. The van der Waals surface area contributed by atoms with Crippen molar-refractivity contribution in [2.24, 2.45) is 5.73 Å². The van der Waals surface area contributed by atoms with Gasteiger partial charge in [0.15, 0.2) is 11.6 Å². The first-order chi connectivity index (χ1) is 10.6. The van der Waals surface area contributed by atoms with Crippen LogP contribution in [-0.4, -0.2) is 24.2 Å². The number of nitrogens with two attached hydrogens (primary N) is 1. The molecular formula is C17H23FN2O2. The Morgan fingerprint density at radius 1 is 1.14 bits per heavy atom. The second kappa shape index (κ2) is 9.73. The van der Waals surface area contributed by atoms with Gasteiger partial charge < -0.3 is 15.2 Å². The number of nitrogens with zero attached hydrogens (tertiary/aromatic N) is 1. The molecule has 22 heavy (non-hydrogen) atoms. The van der Waals surface area contributed by atoms with Crippen LogP contribution in [0.1, 0.15) is 19.4 Å². The molecule has 1 aromatic heterocycles. The third-order valence-corrected chi connectivity index (χ3v) is 2.60. The first kappa shape index (κ1) is 17.9. The lowest BCUT2D eigenvalue weighted by Crippen LogP contribution is -2.34. The summed E-state index contributed by atoms with van der Waals surface area (Å²) in [5, 5.41) is 0. The molecule has 0 spiro atoms. The average Bonchev–Trinajstić information content (AvgIpc) is 2.54. The predicted octanol–water partition coefficient (Wildman–Crippen LogP) is 3.34. The molecule has 0 bridgehead atoms. The third-order valence-electron chi connectivity index (χ3n) is 2.60. The molecule has 1 atom stereocenters. The molecule has 1 aromatic carbocycles. The van der Waals surface area contributed by atoms with Gasteiger partial charge in [0.1, 0.15) is 19.0 Å². The maximum Gasteiger partial charge on any atom is 0.165 e. The van der Waals surface area contributed by atoms with Gasteiger partial charge >= 0.3 is 0 Å². The van der Waals surface area contributed by atoms with E-state index in [4.69, 9.17) is 15.2 Å². The molecule has 0 saturated heterocycles. The van der Waals surface area contributed by atoms with E-state index < -0.39 is 5.82 Å². The zero-order chi connectivity index (χ0) is 16.4. The van der Waals surface area contributed by atoms with Crippen molar-refractivity contribution in [3.8, 4) is 11.5 Å². The third kappa shape index (κ3) is 6.10. The molecule has 0 aliphatic rings. The summed E-state index contributed by atoms with van der Waals surface area (Å²) < 4.78 is 24.2. The lowest BCUT2D eigenvalue weighted by Gasteiger charge is -2.14. The van der Waals surface area contributed by atoms with Crippen LogP contribution in [0, 0.1) is 12.7 Å². The molecule has 1 heterocycles. The Kier molecular flexibility index (Phi) is 7.92. The molecular weight excluding hydrogens is 283 g/mol. The minimum absolute atomic E-state index is 0.181. The Morgan fingerprint density at radius 2 is 1.82 bits per heavy atom. The van der Waals surface area contributed by atoms with Gasteiger partial charge in [-0.05, 0) is 30.7 Å². The number of halogens is 1. The summed E-state index contributed by atoms with van der Waals surface area (Å²) in [5.74, 6) is 0.454. The molecule has 0 aliphatic carbocycles. The van der Waals surface area contributed by atoms with Gasteiger partial charge in [-0.25, -0.2) is 4.39 Å². The zero-order valence-corrected chi connectivity index (χ0v) is 13.3. The number of hydrogen-bond donors (Lipinski definition) is 1. The molecule has 0 radical (unpaired) electrons. The maximum absolute atomic E-state index is 13.3. The van der Waals surface area contributed by atoms with E-state index in [1.54, 1.807) is 30.6 Å². The van der Waals surface area contributed by atoms with Crippen LogP contribution in [0.5, 0.6) is 11.5 Å². The predicted molar refractivity (Wildman–Crippen MR) is 85.7 cm³/mol. The summed E-state index contributed by atoms with van der Waals surface area (Å²) in [4.78, 5) is 4.02. The van der Waals surface area contributed by atoms with Crippen molar-refractivity contribution in [2.45, 2.75) is 26.8 Å². The van der Waals surface area contributed by atoms with E-state index in [0.717, 1.165) is 5.56 Å². The molecule has 120 valence electrons. The van der Waals surface area contributed by atoms with E-state index in [1.807, 2.05) is 26.8 Å². The maximum atomic E-state index is 13.3. The Morgan fingerprint density at radius 3 is 2.50 bits per heavy atom. The van der Waals surface area contributed by atoms with Crippen LogP contribution in [0.15, 0.2) is 42.7 Å². The highest BCUT2D eigenvalue weighted by molar-refractivity contribution is 5.24. The number of ether oxygens (including phenoxy) is 2. The fraction of sp³-hybridized carbons (Fsp3) is 0.353. The van der Waals surface area contributed by atoms with Crippen molar-refractivity contribution in [1.82, 2.24) is 4.98 Å². The van der Waals surface area contributed by atoms with E-state index >= 15 is 0 Å². The Labute approximate surface area is 131 Å². The van der Waals surface area contributed by atoms with Crippen LogP contribution in [-0.2, 0) is 0 Å². The summed E-state index contributed by atoms with van der Waals surface area (Å²) in [6.07, 6.45) is 3.37. The molecule has 0 aliphatic heterocycles. The summed E-state index contributed by atoms with van der Waals surface area (Å²) in [5.41, 5.74) is 6.88. The number of aromatic nitrogens is 1. The van der Waals surface area contributed by atoms with Crippen molar-refractivity contribution >= 4 is 0 Å². The molecule has 0 amide bonds. The minimum atomic E-state index is -0.400. The average molecular weight is 306 g/mol. The Hall–Kier alpha value is -2.14. The van der Waals surface area contributed by atoms with Crippen molar-refractivity contribution < 1.29 is 13.9 Å². The SMILES string of the molecule is CC.Cc1cncc(OCC(N)COc2ccccc2F)c1. The van der Waals surface area contributed by atoms with E-state index in [-0.39, 0.29) is 25.0 Å². The summed E-state index contributed by atoms with van der Waals surface area (Å²) in [6.45, 7) is 6.39. The highest BCUT2D eigenvalue weighted by atomic mass is 19.1. The topological polar surface area (TPSA) is 57.4 Å². The van der Waals surface area contributed by atoms with Gasteiger partial charge in [0, 0.05) is 6.20 Å². The molecule has 2 N–H and O–H groups in total. The summed E-state index contributed by atoms with van der Waals surface area (Å²) in [6, 6.07) is 7.74. The van der Waals surface area contributed by atoms with Crippen molar-refractivity contribution in [2.75, 3.05) is 13.2 Å². The van der Waals surface area contributed by atoms with Gasteiger partial charge in [-0.15, -0.1) is 0 Å². The molecule has 0 saturated carbocycles. The number of hydrogen-bond acceptors (Lipinski definition) is 4. The van der Waals surface area contributed by atoms with Crippen molar-refractivity contribution in [3.05, 3.63) is 54.1 Å². The first-order valence-electron chi connectivity index (χ1n) is 7.32. The van der Waals surface area contributed by atoms with Crippen molar-refractivity contribution in [1.29, 1.82) is 0 Å². The van der Waals surface area contributed by atoms with Gasteiger partial charge in [0.05, 0.1) is 12.2 Å². The Bertz CT molecular complexity index is 564. The first-order valence-corrected chi connectivity index (χ1v) is 7.32. The number of rotatable bonds is 6. The zero-order valence-electron chi connectivity index (χ0n) is 13.3. The number of aryl methyl sites for hydroxylation is 1. The quantitative estimate of drug-likeness (QED) is 0.889. The van der Waals surface area contributed by atoms with E-state index in [0.29, 0.717) is 5.75 Å². The van der Waals surface area contributed by atoms with Gasteiger partial charge in [-0.1, -0.05) is 26.0 Å². The van der Waals surface area contributed by atoms with Crippen LogP contribution in [0.3, 0.4) is 0 Å². The van der Waals surface area contributed by atoms with Crippen LogP contribution in [0.2, 0.25) is 0 Å². The van der Waals surface area contributed by atoms with Crippen LogP contribution >= 0.6 is 0 Å². The Balaban J connectivity index is 0.00000116. The standard InChI is InChI=1S/C15H17FN2O2.C2H6/c1-11-6-13(8-18-7-11)19-9-12(17)10-20-15-5-3-2-4-14(15)16;1-2/h2-8,12H,9-10,17H2,1H3;1-2H3. The normalized spacial score (nSPS) is 11.1. The monoisotopic (exact) mass is 306 g/mol. The van der Waals surface area contributed by atoms with Gasteiger partial charge in [-0.2, -0.15) is 0 Å². The summed E-state index contributed by atoms with van der Waals surface area (Å²) >= 11 is 0. The second-order valence-electron chi connectivity index (χ2n) is 4.51. The summed E-state index contributed by atoms with van der Waals surface area (Å²) in [7, 11) is 0. The largest absolute Gasteiger partial charge is 0.490 e. The van der Waals surface area contributed by atoms with Gasteiger partial charge in [0.2, 0.25) is 0 Å². The second-order valence-corrected chi connectivity index (χ2v) is 4.51. The molecule has 4 nitrogen and oxygen atoms in total. The van der Waals surface area contributed by atoms with Gasteiger partial charge in [0.25, 0.3) is 0 Å². The van der Waals surface area contributed by atoms with Crippen LogP contribution in [0.4, 0.5) is 4.39 Å². The van der Waals surface area contributed by atoms with E-state index in [9.17, 15) is 4.39 Å². The molecule has 2 rings (SSSR count). The van der Waals surface area contributed by atoms with Crippen LogP contribution in [0.25, 0.3) is 0 Å². The number of benzene rings is 1. The van der Waals surface area contributed by atoms with Crippen LogP contribution < -0.4 is 15.2 Å². The number of pyridine rings is 1. The lowest BCUT2D eigenvalue weighted by atomic mass is 10.3. The molecule has 1 unspecified atom stereocenters. The number of para-hydroxylation sites is 1. The highest BCUT2D eigenvalue weighted by Crippen LogP contribution is 2.15. The van der Waals surface area contributed by atoms with E-state index in [2.05, 4.69) is 4.98 Å². The lowest BCUT2D eigenvalue weighted by molar-refractivity contribution is 0.215. The molecule has 2 aromatic rings. The highest BCUT2D eigenvalue weighted by Gasteiger charge is 2.07. The van der Waals surface area contributed by atoms with E-state index in [1.165, 1.54) is 6.07 Å². The fourth-order valence-corrected chi connectivity index (χ4v) is 1.62. The van der Waals surface area contributed by atoms with Crippen molar-refractivity contribution in [3.63, 3.8) is 0 Å².